The smallest absolute Gasteiger partial charge is 0.251 e. The fourth-order valence-electron chi connectivity index (χ4n) is 4.35. The van der Waals surface area contributed by atoms with E-state index in [1.807, 2.05) is 23.1 Å². The van der Waals surface area contributed by atoms with Gasteiger partial charge in [-0.1, -0.05) is 29.8 Å². The average Bonchev–Trinajstić information content (AvgIpc) is 3.34. The molecule has 3 fully saturated rings. The molecule has 0 spiro atoms. The molecule has 0 saturated carbocycles. The van der Waals surface area contributed by atoms with E-state index in [4.69, 9.17) is 16.3 Å². The van der Waals surface area contributed by atoms with Gasteiger partial charge in [-0.05, 0) is 49.7 Å². The van der Waals surface area contributed by atoms with E-state index >= 15 is 0 Å². The van der Waals surface area contributed by atoms with E-state index in [2.05, 4.69) is 16.9 Å². The maximum Gasteiger partial charge on any atom is 0.251 e. The third kappa shape index (κ3) is 3.70. The summed E-state index contributed by atoms with van der Waals surface area (Å²) in [5, 5.41) is 0.819. The van der Waals surface area contributed by atoms with Gasteiger partial charge in [0.15, 0.2) is 0 Å². The van der Waals surface area contributed by atoms with Crippen molar-refractivity contribution < 1.29 is 9.53 Å². The lowest BCUT2D eigenvalue weighted by atomic mass is 9.86. The van der Waals surface area contributed by atoms with Gasteiger partial charge in [0.05, 0.1) is 0 Å². The predicted octanol–water partition coefficient (Wildman–Crippen LogP) is 2.67. The highest BCUT2D eigenvalue weighted by molar-refractivity contribution is 6.31. The van der Waals surface area contributed by atoms with E-state index in [-0.39, 0.29) is 18.1 Å². The Morgan fingerprint density at radius 2 is 1.96 bits per heavy atom. The van der Waals surface area contributed by atoms with Crippen molar-refractivity contribution in [3.05, 3.63) is 34.9 Å². The van der Waals surface area contributed by atoms with E-state index in [0.717, 1.165) is 62.4 Å². The third-order valence-corrected chi connectivity index (χ3v) is 6.18. The number of carbonyl (C=O) groups excluding carboxylic acids is 1. The van der Waals surface area contributed by atoms with Gasteiger partial charge in [-0.2, -0.15) is 0 Å². The van der Waals surface area contributed by atoms with Gasteiger partial charge in [0.2, 0.25) is 0 Å². The van der Waals surface area contributed by atoms with Crippen LogP contribution < -0.4 is 10.9 Å². The van der Waals surface area contributed by atoms with Crippen molar-refractivity contribution in [3.8, 4) is 0 Å². The van der Waals surface area contributed by atoms with Crippen molar-refractivity contribution in [3.63, 3.8) is 0 Å². The molecule has 25 heavy (non-hydrogen) atoms. The van der Waals surface area contributed by atoms with Crippen LogP contribution in [0.5, 0.6) is 0 Å². The minimum absolute atomic E-state index is 0.188. The second kappa shape index (κ2) is 7.62. The van der Waals surface area contributed by atoms with Gasteiger partial charge in [0.1, 0.15) is 6.10 Å². The second-order valence-electron chi connectivity index (χ2n) is 7.37. The summed E-state index contributed by atoms with van der Waals surface area (Å²) in [6.07, 6.45) is 4.83. The predicted molar refractivity (Wildman–Crippen MR) is 97.1 cm³/mol. The number of benzene rings is 1. The third-order valence-electron chi connectivity index (χ3n) is 5.84. The van der Waals surface area contributed by atoms with E-state index in [0.29, 0.717) is 12.0 Å². The number of nitrogens with one attached hydrogen (secondary N) is 2. The summed E-state index contributed by atoms with van der Waals surface area (Å²) in [4.78, 5) is 14.5. The molecule has 3 atom stereocenters. The molecule has 1 amide bonds. The zero-order valence-electron chi connectivity index (χ0n) is 14.4. The summed E-state index contributed by atoms with van der Waals surface area (Å²) < 4.78 is 5.54. The Balaban J connectivity index is 1.30. The molecular weight excluding hydrogens is 338 g/mol. The summed E-state index contributed by atoms with van der Waals surface area (Å²) in [6, 6.07) is 8.72. The number of rotatable bonds is 3. The molecule has 3 aliphatic heterocycles. The summed E-state index contributed by atoms with van der Waals surface area (Å²) in [5.41, 5.74) is 8.03. The monoisotopic (exact) mass is 363 g/mol. The Kier molecular flexibility index (Phi) is 5.27. The molecule has 0 aliphatic carbocycles. The van der Waals surface area contributed by atoms with Gasteiger partial charge in [0, 0.05) is 36.8 Å². The number of amides is 1. The Morgan fingerprint density at radius 3 is 2.68 bits per heavy atom. The molecule has 6 heteroatoms. The lowest BCUT2D eigenvalue weighted by Gasteiger charge is -2.35. The summed E-state index contributed by atoms with van der Waals surface area (Å²) in [5.74, 6) is 0.788. The number of piperidine rings is 1. The number of likely N-dealkylation sites (tertiary alicyclic amines) is 1. The largest absolute Gasteiger partial charge is 0.368 e. The summed E-state index contributed by atoms with van der Waals surface area (Å²) in [6.45, 7) is 2.42. The lowest BCUT2D eigenvalue weighted by Crippen LogP contribution is -2.47. The van der Waals surface area contributed by atoms with Crippen molar-refractivity contribution in [2.24, 2.45) is 5.92 Å². The first-order valence-corrected chi connectivity index (χ1v) is 9.76. The maximum atomic E-state index is 12.5. The van der Waals surface area contributed by atoms with Gasteiger partial charge in [0.25, 0.3) is 5.91 Å². The Hall–Kier alpha value is -1.14. The van der Waals surface area contributed by atoms with Crippen molar-refractivity contribution in [2.75, 3.05) is 19.7 Å². The number of carbonyl (C=O) groups is 1. The van der Waals surface area contributed by atoms with E-state index < -0.39 is 0 Å². The van der Waals surface area contributed by atoms with Crippen LogP contribution in [0.3, 0.4) is 0 Å². The van der Waals surface area contributed by atoms with Gasteiger partial charge < -0.3 is 9.64 Å². The zero-order chi connectivity index (χ0) is 17.2. The van der Waals surface area contributed by atoms with Crippen molar-refractivity contribution in [1.29, 1.82) is 0 Å². The molecule has 136 valence electrons. The molecular formula is C19H26ClN3O2. The average molecular weight is 364 g/mol. The van der Waals surface area contributed by atoms with Gasteiger partial charge in [-0.25, -0.2) is 5.43 Å². The van der Waals surface area contributed by atoms with E-state index in [1.165, 1.54) is 0 Å². The van der Waals surface area contributed by atoms with Crippen LogP contribution >= 0.6 is 11.6 Å². The van der Waals surface area contributed by atoms with Crippen molar-refractivity contribution in [1.82, 2.24) is 15.8 Å². The van der Waals surface area contributed by atoms with Crippen LogP contribution in [0, 0.1) is 5.92 Å². The first-order valence-electron chi connectivity index (χ1n) is 9.38. The minimum Gasteiger partial charge on any atom is -0.368 e. The van der Waals surface area contributed by atoms with Gasteiger partial charge >= 0.3 is 0 Å². The molecule has 2 unspecified atom stereocenters. The van der Waals surface area contributed by atoms with Crippen LogP contribution in [0.15, 0.2) is 24.3 Å². The summed E-state index contributed by atoms with van der Waals surface area (Å²) in [7, 11) is 0. The van der Waals surface area contributed by atoms with Gasteiger partial charge in [-0.3, -0.25) is 10.2 Å². The van der Waals surface area contributed by atoms with Crippen LogP contribution in [-0.2, 0) is 9.53 Å². The SMILES string of the molecule is O=C([C@H]1CCCO1)N1CCC(C2CC(c3ccccc3Cl)NN2)CC1. The molecule has 3 heterocycles. The molecule has 0 radical (unpaired) electrons. The fourth-order valence-corrected chi connectivity index (χ4v) is 4.62. The van der Waals surface area contributed by atoms with Crippen LogP contribution in [0.25, 0.3) is 0 Å². The standard InChI is InChI=1S/C19H26ClN3O2/c20-15-5-2-1-4-14(15)17-12-16(21-22-17)13-7-9-23(10-8-13)19(24)18-6-3-11-25-18/h1-2,4-5,13,16-18,21-22H,3,6-12H2/t16?,17?,18-/m1/s1. The number of hydrogen-bond donors (Lipinski definition) is 2. The Morgan fingerprint density at radius 1 is 1.16 bits per heavy atom. The Bertz CT molecular complexity index is 612. The molecule has 2 N–H and O–H groups in total. The first-order chi connectivity index (χ1) is 12.2. The quantitative estimate of drug-likeness (QED) is 0.867. The topological polar surface area (TPSA) is 53.6 Å². The molecule has 5 nitrogen and oxygen atoms in total. The number of hydrogen-bond acceptors (Lipinski definition) is 4. The van der Waals surface area contributed by atoms with Crippen LogP contribution in [-0.4, -0.2) is 42.6 Å². The highest BCUT2D eigenvalue weighted by Crippen LogP contribution is 2.33. The number of nitrogens with zero attached hydrogens (tertiary/aromatic N) is 1. The molecule has 4 rings (SSSR count). The molecule has 0 aromatic heterocycles. The zero-order valence-corrected chi connectivity index (χ0v) is 15.2. The van der Waals surface area contributed by atoms with Gasteiger partial charge in [-0.15, -0.1) is 0 Å². The molecule has 1 aromatic carbocycles. The normalized spacial score (nSPS) is 30.8. The maximum absolute atomic E-state index is 12.5. The van der Waals surface area contributed by atoms with Crippen molar-refractivity contribution >= 4 is 17.5 Å². The first kappa shape index (κ1) is 17.3. The molecule has 0 bridgehead atoms. The molecule has 3 saturated heterocycles. The van der Waals surface area contributed by atoms with E-state index in [9.17, 15) is 4.79 Å². The second-order valence-corrected chi connectivity index (χ2v) is 7.78. The minimum atomic E-state index is -0.188. The molecule has 3 aliphatic rings. The lowest BCUT2D eigenvalue weighted by molar-refractivity contribution is -0.142. The number of halogens is 1. The van der Waals surface area contributed by atoms with E-state index in [1.54, 1.807) is 0 Å². The van der Waals surface area contributed by atoms with Crippen LogP contribution in [0.2, 0.25) is 5.02 Å². The highest BCUT2D eigenvalue weighted by Gasteiger charge is 2.36. The number of hydrazine groups is 1. The fraction of sp³-hybridized carbons (Fsp3) is 0.632. The summed E-state index contributed by atoms with van der Waals surface area (Å²) >= 11 is 6.33. The number of ether oxygens (including phenoxy) is 1. The molecule has 1 aromatic rings. The Labute approximate surface area is 154 Å². The highest BCUT2D eigenvalue weighted by atomic mass is 35.5. The van der Waals surface area contributed by atoms with Crippen LogP contribution in [0.1, 0.15) is 43.7 Å². The van der Waals surface area contributed by atoms with Crippen molar-refractivity contribution in [2.45, 2.75) is 50.3 Å². The van der Waals surface area contributed by atoms with Crippen LogP contribution in [0.4, 0.5) is 0 Å².